The Kier molecular flexibility index (Phi) is 9.37. The van der Waals surface area contributed by atoms with Gasteiger partial charge < -0.3 is 18.1 Å². The SMILES string of the molecule is CCOP(=O)(OCC)C(NC)P(=O)(OCC)OCC. The van der Waals surface area contributed by atoms with E-state index in [0.29, 0.717) is 0 Å². The molecule has 0 aliphatic heterocycles. The summed E-state index contributed by atoms with van der Waals surface area (Å²) in [7, 11) is -5.76. The fourth-order valence-corrected chi connectivity index (χ4v) is 6.54. The summed E-state index contributed by atoms with van der Waals surface area (Å²) in [5.41, 5.74) is -1.14. The largest absolute Gasteiger partial charge is 0.359 e. The molecule has 19 heavy (non-hydrogen) atoms. The van der Waals surface area contributed by atoms with Gasteiger partial charge in [0.15, 0.2) is 0 Å². The van der Waals surface area contributed by atoms with Gasteiger partial charge in [-0.25, -0.2) is 0 Å². The maximum atomic E-state index is 12.7. The molecular weight excluding hydrogens is 292 g/mol. The predicted molar refractivity (Wildman–Crippen MR) is 74.6 cm³/mol. The Balaban J connectivity index is 5.41. The molecule has 7 nitrogen and oxygen atoms in total. The zero-order valence-electron chi connectivity index (χ0n) is 12.2. The molecule has 0 amide bonds. The standard InChI is InChI=1S/C10H25NO6P2/c1-6-14-18(12,15-7-2)10(11-5)19(13,16-8-3)17-9-4/h10-11H,6-9H2,1-5H3. The Morgan fingerprint density at radius 1 is 0.789 bits per heavy atom. The molecule has 0 bridgehead atoms. The zero-order valence-corrected chi connectivity index (χ0v) is 14.0. The van der Waals surface area contributed by atoms with Gasteiger partial charge >= 0.3 is 15.2 Å². The Hall–Kier alpha value is 0.260. The Labute approximate surface area is 115 Å². The molecule has 0 aliphatic rings. The lowest BCUT2D eigenvalue weighted by molar-refractivity contribution is 0.191. The molecule has 116 valence electrons. The van der Waals surface area contributed by atoms with Crippen molar-refractivity contribution in [3.63, 3.8) is 0 Å². The first-order chi connectivity index (χ1) is 8.94. The highest BCUT2D eigenvalue weighted by Crippen LogP contribution is 2.68. The van der Waals surface area contributed by atoms with E-state index in [1.165, 1.54) is 7.05 Å². The molecule has 0 fully saturated rings. The third kappa shape index (κ3) is 5.27. The van der Waals surface area contributed by atoms with E-state index in [9.17, 15) is 9.13 Å². The molecule has 0 unspecified atom stereocenters. The summed E-state index contributed by atoms with van der Waals surface area (Å²) < 4.78 is 46.2. The zero-order chi connectivity index (χ0) is 14.9. The highest BCUT2D eigenvalue weighted by atomic mass is 31.2. The number of nitrogens with one attached hydrogen (secondary N) is 1. The maximum absolute atomic E-state index is 12.7. The van der Waals surface area contributed by atoms with Gasteiger partial charge in [0.05, 0.1) is 26.4 Å². The van der Waals surface area contributed by atoms with Gasteiger partial charge in [-0.3, -0.25) is 14.4 Å². The average Bonchev–Trinajstić information content (AvgIpc) is 2.30. The van der Waals surface area contributed by atoms with Gasteiger partial charge in [-0.2, -0.15) is 0 Å². The molecule has 9 heteroatoms. The van der Waals surface area contributed by atoms with E-state index in [-0.39, 0.29) is 26.4 Å². The summed E-state index contributed by atoms with van der Waals surface area (Å²) >= 11 is 0. The van der Waals surface area contributed by atoms with Crippen molar-refractivity contribution < 1.29 is 27.2 Å². The fourth-order valence-electron chi connectivity index (χ4n) is 1.57. The molecule has 0 aromatic rings. The van der Waals surface area contributed by atoms with Crippen LogP contribution in [0.4, 0.5) is 0 Å². The van der Waals surface area contributed by atoms with E-state index >= 15 is 0 Å². The summed E-state index contributed by atoms with van der Waals surface area (Å²) in [5, 5.41) is 2.70. The Bertz CT molecular complexity index is 288. The molecule has 0 saturated heterocycles. The molecule has 0 radical (unpaired) electrons. The van der Waals surface area contributed by atoms with Crippen LogP contribution < -0.4 is 5.32 Å². The lowest BCUT2D eigenvalue weighted by Crippen LogP contribution is -2.29. The second-order valence-corrected chi connectivity index (χ2v) is 8.05. The maximum Gasteiger partial charge on any atom is 0.359 e. The first-order valence-corrected chi connectivity index (χ1v) is 9.61. The third-order valence-corrected chi connectivity index (χ3v) is 7.98. The van der Waals surface area contributed by atoms with Gasteiger partial charge in [-0.05, 0) is 34.7 Å². The van der Waals surface area contributed by atoms with Crippen LogP contribution in [0.1, 0.15) is 27.7 Å². The summed E-state index contributed by atoms with van der Waals surface area (Å²) in [6.45, 7) is 7.44. The van der Waals surface area contributed by atoms with Crippen molar-refractivity contribution in [2.75, 3.05) is 33.5 Å². The quantitative estimate of drug-likeness (QED) is 0.586. The van der Waals surface area contributed by atoms with Crippen molar-refractivity contribution in [2.24, 2.45) is 0 Å². The minimum atomic E-state index is -3.63. The number of hydrogen-bond donors (Lipinski definition) is 1. The monoisotopic (exact) mass is 317 g/mol. The molecule has 0 saturated carbocycles. The smallest absolute Gasteiger partial charge is 0.307 e. The van der Waals surface area contributed by atoms with Crippen molar-refractivity contribution in [3.8, 4) is 0 Å². The lowest BCUT2D eigenvalue weighted by atomic mass is 10.9. The van der Waals surface area contributed by atoms with E-state index < -0.39 is 20.7 Å². The number of rotatable bonds is 11. The van der Waals surface area contributed by atoms with Crippen LogP contribution in [0.3, 0.4) is 0 Å². The van der Waals surface area contributed by atoms with Crippen molar-refractivity contribution in [3.05, 3.63) is 0 Å². The second kappa shape index (κ2) is 9.24. The fraction of sp³-hybridized carbons (Fsp3) is 1.00. The first-order valence-electron chi connectivity index (χ1n) is 6.38. The van der Waals surface area contributed by atoms with Crippen LogP contribution >= 0.6 is 15.2 Å². The van der Waals surface area contributed by atoms with Crippen LogP contribution in [0, 0.1) is 0 Å². The minimum absolute atomic E-state index is 0.174. The molecule has 1 N–H and O–H groups in total. The number of hydrogen-bond acceptors (Lipinski definition) is 7. The van der Waals surface area contributed by atoms with E-state index in [0.717, 1.165) is 0 Å². The van der Waals surface area contributed by atoms with Gasteiger partial charge in [-0.1, -0.05) is 0 Å². The minimum Gasteiger partial charge on any atom is -0.307 e. The normalized spacial score (nSPS) is 13.2. The van der Waals surface area contributed by atoms with Crippen LogP contribution in [0.2, 0.25) is 0 Å². The van der Waals surface area contributed by atoms with Gasteiger partial charge in [0.2, 0.25) is 5.52 Å². The Morgan fingerprint density at radius 2 is 1.05 bits per heavy atom. The van der Waals surface area contributed by atoms with Crippen molar-refractivity contribution in [2.45, 2.75) is 33.2 Å². The van der Waals surface area contributed by atoms with Crippen molar-refractivity contribution >= 4 is 15.2 Å². The predicted octanol–water partition coefficient (Wildman–Crippen LogP) is 3.02. The highest BCUT2D eigenvalue weighted by Gasteiger charge is 2.50. The van der Waals surface area contributed by atoms with Crippen LogP contribution in [0.5, 0.6) is 0 Å². The van der Waals surface area contributed by atoms with Crippen molar-refractivity contribution in [1.82, 2.24) is 5.32 Å². The molecule has 0 atom stereocenters. The van der Waals surface area contributed by atoms with E-state index in [2.05, 4.69) is 5.32 Å². The molecular formula is C10H25NO6P2. The topological polar surface area (TPSA) is 83.1 Å². The molecule has 0 aliphatic carbocycles. The van der Waals surface area contributed by atoms with Gasteiger partial charge in [0.1, 0.15) is 0 Å². The summed E-state index contributed by atoms with van der Waals surface area (Å²) in [5.74, 6) is 0. The van der Waals surface area contributed by atoms with Crippen LogP contribution in [-0.4, -0.2) is 39.0 Å². The average molecular weight is 317 g/mol. The van der Waals surface area contributed by atoms with Crippen LogP contribution in [0.25, 0.3) is 0 Å². The van der Waals surface area contributed by atoms with Crippen LogP contribution in [0.15, 0.2) is 0 Å². The third-order valence-electron chi connectivity index (χ3n) is 2.09. The first kappa shape index (κ1) is 19.3. The van der Waals surface area contributed by atoms with E-state index in [4.69, 9.17) is 18.1 Å². The Morgan fingerprint density at radius 3 is 1.21 bits per heavy atom. The van der Waals surface area contributed by atoms with Crippen LogP contribution in [-0.2, 0) is 27.2 Å². The van der Waals surface area contributed by atoms with Gasteiger partial charge in [0.25, 0.3) is 0 Å². The molecule has 0 aromatic carbocycles. The summed E-state index contributed by atoms with van der Waals surface area (Å²) in [6.07, 6.45) is 0. The highest BCUT2D eigenvalue weighted by molar-refractivity contribution is 7.72. The molecule has 0 aromatic heterocycles. The van der Waals surface area contributed by atoms with E-state index in [1.54, 1.807) is 27.7 Å². The molecule has 0 spiro atoms. The molecule has 0 rings (SSSR count). The summed E-state index contributed by atoms with van der Waals surface area (Å²) in [4.78, 5) is 0. The summed E-state index contributed by atoms with van der Waals surface area (Å²) in [6, 6.07) is 0. The lowest BCUT2D eigenvalue weighted by Gasteiger charge is -2.30. The van der Waals surface area contributed by atoms with E-state index in [1.807, 2.05) is 0 Å². The second-order valence-electron chi connectivity index (χ2n) is 3.41. The van der Waals surface area contributed by atoms with Crippen molar-refractivity contribution in [1.29, 1.82) is 0 Å². The molecule has 0 heterocycles. The van der Waals surface area contributed by atoms with Gasteiger partial charge in [-0.15, -0.1) is 0 Å². The van der Waals surface area contributed by atoms with Gasteiger partial charge in [0, 0.05) is 0 Å².